The highest BCUT2D eigenvalue weighted by molar-refractivity contribution is 5.79. The number of esters is 1. The monoisotopic (exact) mass is 364 g/mol. The average Bonchev–Trinajstić information content (AvgIpc) is 2.64. The Balaban J connectivity index is 0.000000597. The van der Waals surface area contributed by atoms with Gasteiger partial charge in [-0.2, -0.15) is 0 Å². The minimum atomic E-state index is -0.968. The summed E-state index contributed by atoms with van der Waals surface area (Å²) in [4.78, 5) is 21.4. The molecule has 0 radical (unpaired) electrons. The van der Waals surface area contributed by atoms with Crippen molar-refractivity contribution in [3.8, 4) is 0 Å². The van der Waals surface area contributed by atoms with Crippen LogP contribution in [0.5, 0.6) is 0 Å². The van der Waals surface area contributed by atoms with E-state index in [4.69, 9.17) is 9.84 Å². The summed E-state index contributed by atoms with van der Waals surface area (Å²) in [7, 11) is 0. The zero-order valence-electron chi connectivity index (χ0n) is 16.1. The fourth-order valence-corrected chi connectivity index (χ4v) is 3.00. The summed E-state index contributed by atoms with van der Waals surface area (Å²) in [6, 6.07) is 5.82. The van der Waals surface area contributed by atoms with Crippen molar-refractivity contribution in [2.75, 3.05) is 18.5 Å². The van der Waals surface area contributed by atoms with Gasteiger partial charge in [0.15, 0.2) is 0 Å². The quantitative estimate of drug-likeness (QED) is 0.670. The highest BCUT2D eigenvalue weighted by Gasteiger charge is 2.19. The number of aliphatic carboxylic acids is 1. The summed E-state index contributed by atoms with van der Waals surface area (Å²) in [5.41, 5.74) is 7.92. The third-order valence-electron chi connectivity index (χ3n) is 4.56. The number of hydrogen-bond acceptors (Lipinski definition) is 5. The number of carboxylic acid groups (broad SMARTS) is 1. The maximum Gasteiger partial charge on any atom is 0.328 e. The molecular weight excluding hydrogens is 332 g/mol. The molecule has 1 fully saturated rings. The van der Waals surface area contributed by atoms with Crippen LogP contribution < -0.4 is 11.1 Å². The molecular formula is C20H32N2O4. The maximum atomic E-state index is 12.1. The van der Waals surface area contributed by atoms with Crippen LogP contribution in [0.25, 0.3) is 0 Å². The predicted molar refractivity (Wildman–Crippen MR) is 103 cm³/mol. The molecule has 26 heavy (non-hydrogen) atoms. The number of ether oxygens (including phenoxy) is 1. The third kappa shape index (κ3) is 7.87. The molecule has 0 amide bonds. The van der Waals surface area contributed by atoms with Crippen molar-refractivity contribution in [3.63, 3.8) is 0 Å². The molecule has 0 bridgehead atoms. The lowest BCUT2D eigenvalue weighted by Crippen LogP contribution is -2.30. The fraction of sp³-hybridized carbons (Fsp3) is 0.600. The van der Waals surface area contributed by atoms with Gasteiger partial charge in [0, 0.05) is 5.69 Å². The van der Waals surface area contributed by atoms with Gasteiger partial charge in [0.25, 0.3) is 0 Å². The van der Waals surface area contributed by atoms with Gasteiger partial charge in [-0.3, -0.25) is 4.79 Å². The number of anilines is 1. The van der Waals surface area contributed by atoms with Gasteiger partial charge in [-0.1, -0.05) is 37.5 Å². The second-order valence-corrected chi connectivity index (χ2v) is 6.86. The number of nitrogens with one attached hydrogen (secondary N) is 1. The molecule has 6 heteroatoms. The average molecular weight is 364 g/mol. The molecule has 1 aromatic carbocycles. The van der Waals surface area contributed by atoms with Crippen LogP contribution in [-0.2, 0) is 14.3 Å². The van der Waals surface area contributed by atoms with Gasteiger partial charge in [0.1, 0.15) is 6.04 Å². The molecule has 4 N–H and O–H groups in total. The minimum Gasteiger partial charge on any atom is -0.480 e. The van der Waals surface area contributed by atoms with Gasteiger partial charge in [0.2, 0.25) is 0 Å². The Morgan fingerprint density at radius 3 is 2.27 bits per heavy atom. The summed E-state index contributed by atoms with van der Waals surface area (Å²) in [5.74, 6) is -0.552. The minimum absolute atomic E-state index is 0.150. The number of rotatable bonds is 6. The van der Waals surface area contributed by atoms with Crippen molar-refractivity contribution in [3.05, 3.63) is 29.3 Å². The number of carbonyl (C=O) groups is 2. The van der Waals surface area contributed by atoms with Gasteiger partial charge in [-0.25, -0.2) is 4.79 Å². The summed E-state index contributed by atoms with van der Waals surface area (Å²) >= 11 is 0. The van der Waals surface area contributed by atoms with Crippen LogP contribution >= 0.6 is 0 Å². The molecule has 146 valence electrons. The third-order valence-corrected chi connectivity index (χ3v) is 4.56. The van der Waals surface area contributed by atoms with E-state index in [9.17, 15) is 9.59 Å². The molecule has 1 aromatic rings. The van der Waals surface area contributed by atoms with E-state index in [0.717, 1.165) is 16.8 Å². The molecule has 0 saturated heterocycles. The van der Waals surface area contributed by atoms with Crippen molar-refractivity contribution in [2.24, 2.45) is 11.7 Å². The van der Waals surface area contributed by atoms with E-state index in [0.29, 0.717) is 12.5 Å². The Morgan fingerprint density at radius 2 is 1.77 bits per heavy atom. The summed E-state index contributed by atoms with van der Waals surface area (Å²) in [6.45, 7) is 6.28. The predicted octanol–water partition coefficient (Wildman–Crippen LogP) is 3.26. The van der Waals surface area contributed by atoms with Crippen LogP contribution in [0.3, 0.4) is 0 Å². The number of hydrogen-bond donors (Lipinski definition) is 3. The second-order valence-electron chi connectivity index (χ2n) is 6.86. The lowest BCUT2D eigenvalue weighted by molar-refractivity contribution is -0.145. The van der Waals surface area contributed by atoms with Gasteiger partial charge < -0.3 is 20.9 Å². The molecule has 0 heterocycles. The van der Waals surface area contributed by atoms with E-state index in [2.05, 4.69) is 37.0 Å². The van der Waals surface area contributed by atoms with E-state index in [-0.39, 0.29) is 18.6 Å². The molecule has 1 aliphatic carbocycles. The van der Waals surface area contributed by atoms with Crippen molar-refractivity contribution in [1.29, 1.82) is 0 Å². The van der Waals surface area contributed by atoms with Crippen molar-refractivity contribution < 1.29 is 19.4 Å². The van der Waals surface area contributed by atoms with Crippen LogP contribution in [0.15, 0.2) is 18.2 Å². The first-order chi connectivity index (χ1) is 12.3. The van der Waals surface area contributed by atoms with Gasteiger partial charge >= 0.3 is 11.9 Å². The Bertz CT molecular complexity index is 563. The van der Waals surface area contributed by atoms with Crippen LogP contribution in [0.2, 0.25) is 0 Å². The van der Waals surface area contributed by atoms with E-state index in [1.54, 1.807) is 0 Å². The molecule has 0 unspecified atom stereocenters. The highest BCUT2D eigenvalue weighted by atomic mass is 16.5. The van der Waals surface area contributed by atoms with Crippen LogP contribution in [0, 0.1) is 19.8 Å². The maximum absolute atomic E-state index is 12.1. The van der Waals surface area contributed by atoms with Gasteiger partial charge in [0.05, 0.1) is 13.2 Å². The number of carbonyl (C=O) groups excluding carboxylic acids is 1. The van der Waals surface area contributed by atoms with E-state index < -0.39 is 5.97 Å². The van der Waals surface area contributed by atoms with E-state index in [1.807, 2.05) is 13.0 Å². The number of carboxylic acids is 1. The molecule has 1 atom stereocenters. The first-order valence-electron chi connectivity index (χ1n) is 9.26. The first-order valence-corrected chi connectivity index (χ1v) is 9.26. The Kier molecular flexibility index (Phi) is 9.73. The summed E-state index contributed by atoms with van der Waals surface area (Å²) in [6.07, 6.45) is 6.28. The topological polar surface area (TPSA) is 102 Å². The first kappa shape index (κ1) is 22.0. The molecule has 6 nitrogen and oxygen atoms in total. The lowest BCUT2D eigenvalue weighted by atomic mass is 9.90. The standard InChI is InChI=1S/C18H27NO2.C2H5NO2/c1-13-8-7-9-14(2)17(13)19-15(3)18(20)21-12-16-10-5-4-6-11-16;3-1-2(4)5/h7-9,15-16,19H,4-6,10-12H2,1-3H3;1,3H2,(H,4,5)/t15-;/m0./s1. The van der Waals surface area contributed by atoms with Crippen LogP contribution in [0.4, 0.5) is 5.69 Å². The summed E-state index contributed by atoms with van der Waals surface area (Å²) in [5, 5.41) is 10.9. The second kappa shape index (κ2) is 11.5. The van der Waals surface area contributed by atoms with Crippen molar-refractivity contribution >= 4 is 17.6 Å². The lowest BCUT2D eigenvalue weighted by Gasteiger charge is -2.23. The van der Waals surface area contributed by atoms with Crippen LogP contribution in [0.1, 0.15) is 50.2 Å². The Morgan fingerprint density at radius 1 is 1.23 bits per heavy atom. The molecule has 2 rings (SSSR count). The zero-order valence-corrected chi connectivity index (χ0v) is 16.1. The molecule has 1 saturated carbocycles. The Labute approximate surface area is 156 Å². The highest BCUT2D eigenvalue weighted by Crippen LogP contribution is 2.24. The molecule has 0 aromatic heterocycles. The van der Waals surface area contributed by atoms with Crippen molar-refractivity contribution in [2.45, 2.75) is 58.9 Å². The number of para-hydroxylation sites is 1. The number of nitrogens with two attached hydrogens (primary N) is 1. The van der Waals surface area contributed by atoms with Gasteiger partial charge in [-0.15, -0.1) is 0 Å². The molecule has 1 aliphatic rings. The normalized spacial score (nSPS) is 15.4. The van der Waals surface area contributed by atoms with E-state index in [1.165, 1.54) is 32.1 Å². The largest absolute Gasteiger partial charge is 0.480 e. The van der Waals surface area contributed by atoms with Crippen LogP contribution in [-0.4, -0.2) is 36.2 Å². The SMILES string of the molecule is Cc1cccc(C)c1N[C@@H](C)C(=O)OCC1CCCCC1.NCC(=O)O. The molecule has 0 aliphatic heterocycles. The number of benzene rings is 1. The number of aryl methyl sites for hydroxylation is 2. The smallest absolute Gasteiger partial charge is 0.328 e. The zero-order chi connectivity index (χ0) is 19.5. The summed E-state index contributed by atoms with van der Waals surface area (Å²) < 4.78 is 5.49. The Hall–Kier alpha value is -2.08. The fourth-order valence-electron chi connectivity index (χ4n) is 3.00. The van der Waals surface area contributed by atoms with E-state index >= 15 is 0 Å². The van der Waals surface area contributed by atoms with Crippen molar-refractivity contribution in [1.82, 2.24) is 0 Å². The molecule has 0 spiro atoms. The van der Waals surface area contributed by atoms with Gasteiger partial charge in [-0.05, 0) is 50.7 Å².